The molecular weight excluding hydrogens is 376 g/mol. The van der Waals surface area contributed by atoms with Crippen molar-refractivity contribution in [1.82, 2.24) is 16.2 Å². The molecule has 0 aromatic heterocycles. The van der Waals surface area contributed by atoms with Crippen molar-refractivity contribution in [3.05, 3.63) is 65.2 Å². The summed E-state index contributed by atoms with van der Waals surface area (Å²) in [6, 6.07) is 13.5. The zero-order valence-electron chi connectivity index (χ0n) is 15.7. The number of amides is 3. The third-order valence-electron chi connectivity index (χ3n) is 3.81. The van der Waals surface area contributed by atoms with Crippen molar-refractivity contribution in [2.45, 2.75) is 26.7 Å². The van der Waals surface area contributed by atoms with Gasteiger partial charge in [-0.1, -0.05) is 25.1 Å². The Kier molecular flexibility index (Phi) is 7.65. The van der Waals surface area contributed by atoms with E-state index in [-0.39, 0.29) is 16.9 Å². The maximum absolute atomic E-state index is 12.2. The maximum atomic E-state index is 12.2. The molecule has 8 heteroatoms. The van der Waals surface area contributed by atoms with Gasteiger partial charge in [0.05, 0.1) is 0 Å². The second-order valence-corrected chi connectivity index (χ2v) is 6.46. The van der Waals surface area contributed by atoms with Crippen molar-refractivity contribution in [2.75, 3.05) is 5.32 Å². The van der Waals surface area contributed by atoms with Crippen LogP contribution in [-0.2, 0) is 4.79 Å². The van der Waals surface area contributed by atoms with Crippen molar-refractivity contribution in [3.8, 4) is 0 Å². The number of hydrogen-bond acceptors (Lipinski definition) is 4. The summed E-state index contributed by atoms with van der Waals surface area (Å²) in [5, 5.41) is 5.23. The molecule has 2 aromatic carbocycles. The molecule has 0 saturated carbocycles. The van der Waals surface area contributed by atoms with Crippen LogP contribution in [0.5, 0.6) is 0 Å². The summed E-state index contributed by atoms with van der Waals surface area (Å²) >= 11 is 5.03. The number of rotatable bonds is 5. The third kappa shape index (κ3) is 6.17. The molecule has 4 N–H and O–H groups in total. The van der Waals surface area contributed by atoms with Crippen LogP contribution in [0.25, 0.3) is 0 Å². The lowest BCUT2D eigenvalue weighted by Gasteiger charge is -2.12. The van der Waals surface area contributed by atoms with Crippen LogP contribution in [0, 0.1) is 6.92 Å². The molecule has 28 heavy (non-hydrogen) atoms. The lowest BCUT2D eigenvalue weighted by Crippen LogP contribution is -2.48. The maximum Gasteiger partial charge on any atom is 0.269 e. The van der Waals surface area contributed by atoms with Crippen molar-refractivity contribution >= 4 is 40.7 Å². The minimum atomic E-state index is -0.432. The molecule has 7 nitrogen and oxygen atoms in total. The van der Waals surface area contributed by atoms with Gasteiger partial charge in [0.15, 0.2) is 5.11 Å². The van der Waals surface area contributed by atoms with Gasteiger partial charge in [0.1, 0.15) is 0 Å². The average Bonchev–Trinajstić information content (AvgIpc) is 2.67. The topological polar surface area (TPSA) is 99.3 Å². The largest absolute Gasteiger partial charge is 0.326 e. The summed E-state index contributed by atoms with van der Waals surface area (Å²) in [6.45, 7) is 3.75. The molecule has 0 fully saturated rings. The highest BCUT2D eigenvalue weighted by molar-refractivity contribution is 7.80. The number of hydrazine groups is 1. The second-order valence-electron chi connectivity index (χ2n) is 6.05. The lowest BCUT2D eigenvalue weighted by molar-refractivity contribution is -0.116. The minimum Gasteiger partial charge on any atom is -0.326 e. The molecule has 0 spiro atoms. The number of anilines is 1. The first-order valence-corrected chi connectivity index (χ1v) is 9.18. The van der Waals surface area contributed by atoms with Crippen LogP contribution >= 0.6 is 12.2 Å². The Balaban J connectivity index is 1.84. The van der Waals surface area contributed by atoms with E-state index in [0.717, 1.165) is 12.0 Å². The zero-order valence-corrected chi connectivity index (χ0v) is 16.5. The second kappa shape index (κ2) is 10.2. The predicted octanol–water partition coefficient (Wildman–Crippen LogP) is 2.68. The van der Waals surface area contributed by atoms with Gasteiger partial charge in [-0.25, -0.2) is 0 Å². The smallest absolute Gasteiger partial charge is 0.269 e. The highest BCUT2D eigenvalue weighted by Gasteiger charge is 2.11. The first-order chi connectivity index (χ1) is 13.4. The molecule has 2 rings (SSSR count). The van der Waals surface area contributed by atoms with Gasteiger partial charge < -0.3 is 5.32 Å². The fourth-order valence-corrected chi connectivity index (χ4v) is 2.51. The van der Waals surface area contributed by atoms with E-state index in [0.29, 0.717) is 23.2 Å². The third-order valence-corrected chi connectivity index (χ3v) is 4.02. The van der Waals surface area contributed by atoms with Crippen LogP contribution in [0.4, 0.5) is 5.69 Å². The lowest BCUT2D eigenvalue weighted by atomic mass is 10.1. The fraction of sp³-hybridized carbons (Fsp3) is 0.200. The molecule has 146 valence electrons. The van der Waals surface area contributed by atoms with E-state index in [4.69, 9.17) is 12.2 Å². The molecule has 3 amide bonds. The number of carbonyl (C=O) groups is 3. The molecular formula is C20H22N4O3S. The molecule has 0 aliphatic rings. The Morgan fingerprint density at radius 1 is 0.929 bits per heavy atom. The number of thiocarbonyl (C=S) groups is 1. The van der Waals surface area contributed by atoms with Gasteiger partial charge in [-0.3, -0.25) is 30.6 Å². The summed E-state index contributed by atoms with van der Waals surface area (Å²) in [4.78, 5) is 35.9. The average molecular weight is 398 g/mol. The Morgan fingerprint density at radius 2 is 1.61 bits per heavy atom. The first kappa shape index (κ1) is 21.0. The van der Waals surface area contributed by atoms with E-state index in [2.05, 4.69) is 21.5 Å². The Bertz CT molecular complexity index is 881. The SMILES string of the molecule is CCCC(=O)Nc1ccc(C(=O)NNC(=S)NC(=O)c2ccccc2C)cc1. The Hall–Kier alpha value is -3.26. The normalized spacial score (nSPS) is 9.93. The summed E-state index contributed by atoms with van der Waals surface area (Å²) in [7, 11) is 0. The van der Waals surface area contributed by atoms with E-state index in [1.165, 1.54) is 0 Å². The fourth-order valence-electron chi connectivity index (χ4n) is 2.37. The molecule has 0 bridgehead atoms. The number of hydrogen-bond donors (Lipinski definition) is 4. The van der Waals surface area contributed by atoms with Crippen molar-refractivity contribution < 1.29 is 14.4 Å². The van der Waals surface area contributed by atoms with Gasteiger partial charge >= 0.3 is 0 Å². The van der Waals surface area contributed by atoms with Crippen LogP contribution < -0.4 is 21.5 Å². The van der Waals surface area contributed by atoms with Gasteiger partial charge in [-0.2, -0.15) is 0 Å². The van der Waals surface area contributed by atoms with Crippen LogP contribution in [0.15, 0.2) is 48.5 Å². The van der Waals surface area contributed by atoms with Crippen LogP contribution in [0.1, 0.15) is 46.0 Å². The van der Waals surface area contributed by atoms with Gasteiger partial charge in [-0.15, -0.1) is 0 Å². The predicted molar refractivity (Wildman–Crippen MR) is 112 cm³/mol. The standard InChI is InChI=1S/C20H22N4O3S/c1-3-6-17(25)21-15-11-9-14(10-12-15)18(26)23-24-20(28)22-19(27)16-8-5-4-7-13(16)2/h4-5,7-12H,3,6H2,1-2H3,(H,21,25)(H,23,26)(H2,22,24,27,28). The Labute approximate surface area is 168 Å². The van der Waals surface area contributed by atoms with E-state index in [9.17, 15) is 14.4 Å². The highest BCUT2D eigenvalue weighted by Crippen LogP contribution is 2.10. The zero-order chi connectivity index (χ0) is 20.5. The molecule has 0 atom stereocenters. The summed E-state index contributed by atoms with van der Waals surface area (Å²) in [5.41, 5.74) is 7.21. The molecule has 0 aliphatic carbocycles. The van der Waals surface area contributed by atoms with Gasteiger partial charge in [0, 0.05) is 23.2 Å². The van der Waals surface area contributed by atoms with E-state index in [1.807, 2.05) is 26.0 Å². The number of carbonyl (C=O) groups excluding carboxylic acids is 3. The van der Waals surface area contributed by atoms with Crippen LogP contribution in [0.2, 0.25) is 0 Å². The summed E-state index contributed by atoms with van der Waals surface area (Å²) < 4.78 is 0. The first-order valence-electron chi connectivity index (χ1n) is 8.78. The molecule has 2 aromatic rings. The van der Waals surface area contributed by atoms with Crippen molar-refractivity contribution in [3.63, 3.8) is 0 Å². The monoisotopic (exact) mass is 398 g/mol. The van der Waals surface area contributed by atoms with E-state index in [1.54, 1.807) is 36.4 Å². The molecule has 0 radical (unpaired) electrons. The van der Waals surface area contributed by atoms with Crippen molar-refractivity contribution in [1.29, 1.82) is 0 Å². The van der Waals surface area contributed by atoms with Crippen molar-refractivity contribution in [2.24, 2.45) is 0 Å². The Morgan fingerprint density at radius 3 is 2.25 bits per heavy atom. The van der Waals surface area contributed by atoms with E-state index >= 15 is 0 Å². The quantitative estimate of drug-likeness (QED) is 0.458. The summed E-state index contributed by atoms with van der Waals surface area (Å²) in [6.07, 6.45) is 1.20. The minimum absolute atomic E-state index is 0.0231. The van der Waals surface area contributed by atoms with Gasteiger partial charge in [0.25, 0.3) is 11.8 Å². The molecule has 0 aliphatic heterocycles. The number of benzene rings is 2. The molecule has 0 saturated heterocycles. The molecule has 0 heterocycles. The molecule has 0 unspecified atom stereocenters. The highest BCUT2D eigenvalue weighted by atomic mass is 32.1. The van der Waals surface area contributed by atoms with Crippen LogP contribution in [0.3, 0.4) is 0 Å². The summed E-state index contributed by atoms with van der Waals surface area (Å²) in [5.74, 6) is -0.868. The van der Waals surface area contributed by atoms with Gasteiger partial charge in [0.2, 0.25) is 5.91 Å². The number of aryl methyl sites for hydroxylation is 1. The van der Waals surface area contributed by atoms with Crippen LogP contribution in [-0.4, -0.2) is 22.8 Å². The van der Waals surface area contributed by atoms with Gasteiger partial charge in [-0.05, 0) is 61.5 Å². The van der Waals surface area contributed by atoms with E-state index < -0.39 is 5.91 Å². The number of nitrogens with one attached hydrogen (secondary N) is 4.